The summed E-state index contributed by atoms with van der Waals surface area (Å²) < 4.78 is 0. The number of carbonyl (C=O) groups excluding carboxylic acids is 1. The van der Waals surface area contributed by atoms with Gasteiger partial charge in [0.05, 0.1) is 4.88 Å². The van der Waals surface area contributed by atoms with Crippen molar-refractivity contribution in [1.82, 2.24) is 14.9 Å². The van der Waals surface area contributed by atoms with Crippen LogP contribution in [0.2, 0.25) is 0 Å². The number of hydrogen-bond donors (Lipinski definition) is 1. The second-order valence-electron chi connectivity index (χ2n) is 6.27. The van der Waals surface area contributed by atoms with Crippen LogP contribution >= 0.6 is 23.1 Å². The van der Waals surface area contributed by atoms with Gasteiger partial charge in [0.25, 0.3) is 5.91 Å². The van der Waals surface area contributed by atoms with Crippen molar-refractivity contribution in [2.45, 2.75) is 50.4 Å². The molecule has 1 atom stereocenters. The van der Waals surface area contributed by atoms with E-state index in [1.807, 2.05) is 24.5 Å². The van der Waals surface area contributed by atoms with Crippen LogP contribution in [0.5, 0.6) is 0 Å². The van der Waals surface area contributed by atoms with Gasteiger partial charge in [0, 0.05) is 41.2 Å². The molecule has 1 amide bonds. The summed E-state index contributed by atoms with van der Waals surface area (Å²) in [6.07, 6.45) is 8.56. The Hall–Kier alpha value is -1.44. The number of hydrogen-bond acceptors (Lipinski definition) is 6. The van der Waals surface area contributed by atoms with E-state index in [0.717, 1.165) is 36.0 Å². The van der Waals surface area contributed by atoms with Gasteiger partial charge in [-0.25, -0.2) is 9.97 Å². The number of unbranched alkanes of at least 4 members (excludes halogenated alkanes) is 1. The molecule has 0 unspecified atom stereocenters. The Morgan fingerprint density at radius 1 is 1.40 bits per heavy atom. The minimum Gasteiger partial charge on any atom is -0.365 e. The van der Waals surface area contributed by atoms with Gasteiger partial charge in [-0.15, -0.1) is 11.3 Å². The highest BCUT2D eigenvalue weighted by Gasteiger charge is 2.27. The molecule has 0 bridgehead atoms. The van der Waals surface area contributed by atoms with Gasteiger partial charge in [0.1, 0.15) is 0 Å². The van der Waals surface area contributed by atoms with Crippen LogP contribution in [-0.4, -0.2) is 33.1 Å². The standard InChI is InChI=1S/C18H24N4OS2/c1-2-3-9-24-18-20-10-13(11-21-18)12-22-8-4-5-14(22)15-6-7-16(25-15)17(19)23/h6-7,10-11,14H,2-5,8-9,12H2,1H3,(H2,19,23)/t14-/m1/s1. The molecule has 0 radical (unpaired) electrons. The van der Waals surface area contributed by atoms with Crippen molar-refractivity contribution in [3.63, 3.8) is 0 Å². The number of nitrogens with two attached hydrogens (primary N) is 1. The number of thiophene rings is 1. The molecule has 5 nitrogen and oxygen atoms in total. The van der Waals surface area contributed by atoms with Crippen LogP contribution in [0.4, 0.5) is 0 Å². The molecule has 134 valence electrons. The minimum absolute atomic E-state index is 0.342. The summed E-state index contributed by atoms with van der Waals surface area (Å²) >= 11 is 3.24. The van der Waals surface area contributed by atoms with E-state index in [1.165, 1.54) is 35.5 Å². The van der Waals surface area contributed by atoms with E-state index in [1.54, 1.807) is 11.8 Å². The third-order valence-electron chi connectivity index (χ3n) is 4.36. The lowest BCUT2D eigenvalue weighted by molar-refractivity contribution is 0.100. The molecule has 1 saturated heterocycles. The average Bonchev–Trinajstić information content (AvgIpc) is 3.25. The SMILES string of the molecule is CCCCSc1ncc(CN2CCC[C@@H]2c2ccc(C(N)=O)s2)cn1. The number of thioether (sulfide) groups is 1. The van der Waals surface area contributed by atoms with E-state index in [0.29, 0.717) is 10.9 Å². The molecule has 2 N–H and O–H groups in total. The summed E-state index contributed by atoms with van der Waals surface area (Å²) in [6.45, 7) is 4.09. The quantitative estimate of drug-likeness (QED) is 0.430. The van der Waals surface area contributed by atoms with Crippen LogP contribution in [0.3, 0.4) is 0 Å². The maximum Gasteiger partial charge on any atom is 0.258 e. The first-order valence-corrected chi connectivity index (χ1v) is 10.5. The molecule has 3 rings (SSSR count). The predicted molar refractivity (Wildman–Crippen MR) is 103 cm³/mol. The summed E-state index contributed by atoms with van der Waals surface area (Å²) in [5, 5.41) is 0.861. The molecular weight excluding hydrogens is 352 g/mol. The molecule has 2 aromatic rings. The van der Waals surface area contributed by atoms with Crippen molar-refractivity contribution in [3.05, 3.63) is 39.8 Å². The van der Waals surface area contributed by atoms with E-state index in [4.69, 9.17) is 5.73 Å². The molecule has 1 fully saturated rings. The average molecular weight is 377 g/mol. The van der Waals surface area contributed by atoms with E-state index in [-0.39, 0.29) is 5.91 Å². The molecule has 1 aliphatic rings. The summed E-state index contributed by atoms with van der Waals surface area (Å²) in [5.74, 6) is 0.732. The number of likely N-dealkylation sites (tertiary alicyclic amines) is 1. The van der Waals surface area contributed by atoms with Crippen LogP contribution in [0, 0.1) is 0 Å². The number of rotatable bonds is 8. The Morgan fingerprint density at radius 3 is 2.88 bits per heavy atom. The molecule has 3 heterocycles. The number of amides is 1. The van der Waals surface area contributed by atoms with Gasteiger partial charge in [-0.1, -0.05) is 25.1 Å². The third-order valence-corrected chi connectivity index (χ3v) is 6.52. The molecule has 0 aromatic carbocycles. The molecular formula is C18H24N4OS2. The lowest BCUT2D eigenvalue weighted by atomic mass is 10.2. The molecule has 0 saturated carbocycles. The topological polar surface area (TPSA) is 72.1 Å². The maximum atomic E-state index is 11.3. The third kappa shape index (κ3) is 4.80. The van der Waals surface area contributed by atoms with Crippen molar-refractivity contribution >= 4 is 29.0 Å². The van der Waals surface area contributed by atoms with Crippen molar-refractivity contribution in [3.8, 4) is 0 Å². The largest absolute Gasteiger partial charge is 0.365 e. The summed E-state index contributed by atoms with van der Waals surface area (Å²) in [5.41, 5.74) is 6.52. The zero-order valence-electron chi connectivity index (χ0n) is 14.5. The summed E-state index contributed by atoms with van der Waals surface area (Å²) in [4.78, 5) is 24.6. The normalized spacial score (nSPS) is 17.9. The van der Waals surface area contributed by atoms with Gasteiger partial charge < -0.3 is 5.73 Å². The minimum atomic E-state index is -0.342. The van der Waals surface area contributed by atoms with Crippen molar-refractivity contribution in [1.29, 1.82) is 0 Å². The predicted octanol–water partition coefficient (Wildman–Crippen LogP) is 3.87. The molecule has 0 aliphatic carbocycles. The van der Waals surface area contributed by atoms with Crippen molar-refractivity contribution in [2.24, 2.45) is 5.73 Å². The zero-order valence-corrected chi connectivity index (χ0v) is 16.1. The van der Waals surface area contributed by atoms with Crippen molar-refractivity contribution in [2.75, 3.05) is 12.3 Å². The highest BCUT2D eigenvalue weighted by molar-refractivity contribution is 7.99. The van der Waals surface area contributed by atoms with Gasteiger partial charge >= 0.3 is 0 Å². The Labute approximate surface area is 157 Å². The van der Waals surface area contributed by atoms with Gasteiger partial charge in [0.2, 0.25) is 0 Å². The second-order valence-corrected chi connectivity index (χ2v) is 8.45. The number of aromatic nitrogens is 2. The fraction of sp³-hybridized carbons (Fsp3) is 0.500. The molecule has 2 aromatic heterocycles. The highest BCUT2D eigenvalue weighted by Crippen LogP contribution is 2.36. The van der Waals surface area contributed by atoms with Crippen LogP contribution in [0.1, 0.15) is 58.8 Å². The van der Waals surface area contributed by atoms with Crippen molar-refractivity contribution < 1.29 is 4.79 Å². The number of nitrogens with zero attached hydrogens (tertiary/aromatic N) is 3. The Morgan fingerprint density at radius 2 is 2.20 bits per heavy atom. The van der Waals surface area contributed by atoms with E-state index in [9.17, 15) is 4.79 Å². The maximum absolute atomic E-state index is 11.3. The van der Waals surface area contributed by atoms with E-state index >= 15 is 0 Å². The summed E-state index contributed by atoms with van der Waals surface area (Å²) in [6, 6.07) is 4.24. The van der Waals surface area contributed by atoms with E-state index in [2.05, 4.69) is 21.8 Å². The lowest BCUT2D eigenvalue weighted by Gasteiger charge is -2.23. The first-order valence-electron chi connectivity index (χ1n) is 8.74. The Bertz CT molecular complexity index is 701. The molecule has 7 heteroatoms. The van der Waals surface area contributed by atoms with Gasteiger partial charge in [-0.2, -0.15) is 0 Å². The van der Waals surface area contributed by atoms with Crippen LogP contribution in [0.15, 0.2) is 29.7 Å². The smallest absolute Gasteiger partial charge is 0.258 e. The van der Waals surface area contributed by atoms with Gasteiger partial charge in [-0.05, 0) is 37.9 Å². The second kappa shape index (κ2) is 8.78. The van der Waals surface area contributed by atoms with Gasteiger partial charge in [0.15, 0.2) is 5.16 Å². The fourth-order valence-corrected chi connectivity index (χ4v) is 4.94. The number of primary amides is 1. The molecule has 0 spiro atoms. The molecule has 1 aliphatic heterocycles. The lowest BCUT2D eigenvalue weighted by Crippen LogP contribution is -2.22. The monoisotopic (exact) mass is 376 g/mol. The van der Waals surface area contributed by atoms with E-state index < -0.39 is 0 Å². The van der Waals surface area contributed by atoms with Crippen LogP contribution in [0.25, 0.3) is 0 Å². The first kappa shape index (κ1) is 18.4. The Kier molecular flexibility index (Phi) is 6.45. The Balaban J connectivity index is 1.62. The van der Waals surface area contributed by atoms with Crippen LogP contribution in [-0.2, 0) is 6.54 Å². The fourth-order valence-electron chi connectivity index (χ4n) is 3.04. The van der Waals surface area contributed by atoms with Crippen LogP contribution < -0.4 is 5.73 Å². The zero-order chi connectivity index (χ0) is 17.6. The molecule has 25 heavy (non-hydrogen) atoms. The first-order chi connectivity index (χ1) is 12.2. The highest BCUT2D eigenvalue weighted by atomic mass is 32.2. The van der Waals surface area contributed by atoms with Gasteiger partial charge in [-0.3, -0.25) is 9.69 Å². The number of carbonyl (C=O) groups is 1. The summed E-state index contributed by atoms with van der Waals surface area (Å²) in [7, 11) is 0.